The summed E-state index contributed by atoms with van der Waals surface area (Å²) in [5.74, 6) is -4.70. The van der Waals surface area contributed by atoms with Crippen LogP contribution < -0.4 is 19.3 Å². The summed E-state index contributed by atoms with van der Waals surface area (Å²) in [5, 5.41) is 11.0. The molecule has 0 aromatic heterocycles. The van der Waals surface area contributed by atoms with Crippen molar-refractivity contribution in [2.45, 2.75) is 123 Å². The molecule has 18 nitrogen and oxygen atoms in total. The number of carbonyl (C=O) groups is 5. The molecule has 406 valence electrons. The van der Waals surface area contributed by atoms with Gasteiger partial charge >= 0.3 is 11.9 Å². The van der Waals surface area contributed by atoms with E-state index in [0.717, 1.165) is 0 Å². The first-order valence-corrected chi connectivity index (χ1v) is 25.2. The van der Waals surface area contributed by atoms with Crippen LogP contribution in [0.5, 0.6) is 11.5 Å². The molecule has 4 aliphatic rings. The van der Waals surface area contributed by atoms with E-state index in [-0.39, 0.29) is 59.2 Å². The second-order valence-corrected chi connectivity index (χ2v) is 19.7. The molecule has 4 heterocycles. The largest absolute Gasteiger partial charge is 0.467 e. The van der Waals surface area contributed by atoms with Crippen LogP contribution in [-0.2, 0) is 42.7 Å². The minimum absolute atomic E-state index is 0.121. The van der Waals surface area contributed by atoms with Gasteiger partial charge in [0.15, 0.2) is 42.6 Å². The zero-order chi connectivity index (χ0) is 55.9. The van der Waals surface area contributed by atoms with Gasteiger partial charge in [0.25, 0.3) is 0 Å². The number of benzene rings is 2. The molecule has 2 fully saturated rings. The van der Waals surface area contributed by atoms with E-state index in [1.165, 1.54) is 56.3 Å². The Bertz CT molecular complexity index is 2450. The summed E-state index contributed by atoms with van der Waals surface area (Å²) >= 11 is 9.53. The standard InChI is InChI=1S/C26H34BNO8.C26H32BNO8.CH2Cl2/c2*1-15-10-11-19(29)23-20(35-26(3,4)36-23)9-7-8-17-12-18(28(5)25(27)31)13-21(33-14-32-6)22(17)24(30)34-16(15)2;2-1-3/h7-8,10-13,15-16,19-20,23,29H,9,14H2,1-6H3;7-8,10-13,15-16,20,23H,9,14H2,1-6H3;1H2/b2*8-7+,11-10-;/t15-,16+,19?,20+,23?;15-,16+,20+,23?;/m11./s1. The number of alkyl halides is 2. The third kappa shape index (κ3) is 17.5. The molecule has 2 aromatic rings. The van der Waals surface area contributed by atoms with E-state index in [1.807, 2.05) is 19.9 Å². The van der Waals surface area contributed by atoms with Crippen LogP contribution in [0.2, 0.25) is 0 Å². The molecule has 4 radical (unpaired) electrons. The van der Waals surface area contributed by atoms with Crippen molar-refractivity contribution in [3.8, 4) is 11.5 Å². The summed E-state index contributed by atoms with van der Waals surface area (Å²) in [4.78, 5) is 65.7. The van der Waals surface area contributed by atoms with Gasteiger partial charge in [0, 0.05) is 63.7 Å². The maximum Gasteiger partial charge on any atom is 0.342 e. The van der Waals surface area contributed by atoms with E-state index < -0.39 is 77.9 Å². The first-order chi connectivity index (χ1) is 35.3. The first-order valence-electron chi connectivity index (χ1n) is 24.1. The van der Waals surface area contributed by atoms with Crippen molar-refractivity contribution in [3.05, 3.63) is 83.0 Å². The first kappa shape index (κ1) is 62.5. The van der Waals surface area contributed by atoms with Gasteiger partial charge in [-0.25, -0.2) is 9.59 Å². The minimum atomic E-state index is -0.922. The molecule has 0 saturated carbocycles. The van der Waals surface area contributed by atoms with Gasteiger partial charge in [-0.3, -0.25) is 14.4 Å². The van der Waals surface area contributed by atoms with Crippen LogP contribution in [0.3, 0.4) is 0 Å². The molecule has 2 saturated heterocycles. The molecular weight excluding hydrogens is 1010 g/mol. The number of hydrogen-bond acceptors (Lipinski definition) is 16. The van der Waals surface area contributed by atoms with Gasteiger partial charge in [-0.05, 0) is 83.7 Å². The quantitative estimate of drug-likeness (QED) is 0.0865. The summed E-state index contributed by atoms with van der Waals surface area (Å²) in [5.41, 5.74) is 2.08. The molecule has 4 aliphatic heterocycles. The topological polar surface area (TPSA) is 204 Å². The number of carbonyl (C=O) groups excluding carboxylic acids is 5. The van der Waals surface area contributed by atoms with Gasteiger partial charge in [0.1, 0.15) is 53.1 Å². The van der Waals surface area contributed by atoms with Crippen molar-refractivity contribution in [2.75, 3.05) is 57.0 Å². The zero-order valence-electron chi connectivity index (χ0n) is 44.5. The summed E-state index contributed by atoms with van der Waals surface area (Å²) < 4.78 is 56.9. The molecule has 6 rings (SSSR count). The molecule has 22 heteroatoms. The van der Waals surface area contributed by atoms with Crippen molar-refractivity contribution in [1.29, 1.82) is 0 Å². The summed E-state index contributed by atoms with van der Waals surface area (Å²) in [7, 11) is 16.9. The van der Waals surface area contributed by atoms with E-state index in [2.05, 4.69) is 0 Å². The molecule has 0 spiro atoms. The average molecular weight is 1080 g/mol. The predicted molar refractivity (Wildman–Crippen MR) is 286 cm³/mol. The molecule has 0 bridgehead atoms. The van der Waals surface area contributed by atoms with Gasteiger partial charge in [-0.2, -0.15) is 0 Å². The fourth-order valence-electron chi connectivity index (χ4n) is 8.02. The van der Waals surface area contributed by atoms with Crippen molar-refractivity contribution >= 4 is 91.8 Å². The monoisotopic (exact) mass is 1080 g/mol. The number of halogens is 2. The third-order valence-electron chi connectivity index (χ3n) is 12.3. The van der Waals surface area contributed by atoms with Crippen LogP contribution in [0.15, 0.2) is 60.7 Å². The minimum Gasteiger partial charge on any atom is -0.467 e. The second kappa shape index (κ2) is 28.4. The van der Waals surface area contributed by atoms with E-state index >= 15 is 0 Å². The van der Waals surface area contributed by atoms with Gasteiger partial charge in [-0.1, -0.05) is 56.4 Å². The number of rotatable bonds is 8. The number of hydrogen-bond donors (Lipinski definition) is 1. The van der Waals surface area contributed by atoms with Gasteiger partial charge in [-0.15, -0.1) is 23.2 Å². The van der Waals surface area contributed by atoms with E-state index in [1.54, 1.807) is 90.1 Å². The van der Waals surface area contributed by atoms with Crippen molar-refractivity contribution in [3.63, 3.8) is 0 Å². The Morgan fingerprint density at radius 2 is 1.09 bits per heavy atom. The molecule has 1 N–H and O–H groups in total. The number of methoxy groups -OCH3 is 2. The number of nitrogens with zero attached hydrogens (tertiary/aromatic N) is 2. The van der Waals surface area contributed by atoms with Crippen molar-refractivity contribution < 1.29 is 76.4 Å². The lowest BCUT2D eigenvalue weighted by atomic mass is 9.98. The molecule has 75 heavy (non-hydrogen) atoms. The lowest BCUT2D eigenvalue weighted by Crippen LogP contribution is -2.34. The van der Waals surface area contributed by atoms with Crippen LogP contribution in [-0.4, -0.2) is 152 Å². The number of fused-ring (bicyclic) bond motifs is 4. The molecule has 3 unspecified atom stereocenters. The fourth-order valence-corrected chi connectivity index (χ4v) is 8.02. The highest BCUT2D eigenvalue weighted by atomic mass is 35.5. The molecular formula is C53H68B2Cl2N2O16. The van der Waals surface area contributed by atoms with Crippen LogP contribution in [0.4, 0.5) is 21.0 Å². The Morgan fingerprint density at radius 3 is 1.55 bits per heavy atom. The van der Waals surface area contributed by atoms with E-state index in [4.69, 9.17) is 86.3 Å². The Hall–Kier alpha value is -5.02. The number of aliphatic hydroxyl groups is 1. The van der Waals surface area contributed by atoms with Crippen LogP contribution in [0.25, 0.3) is 12.2 Å². The fraction of sp³-hybridized carbons (Fsp3) is 0.528. The third-order valence-corrected chi connectivity index (χ3v) is 12.3. The SMILES string of the molecule is ClCCl.[B]C(=O)N(C)c1cc2c(c(OCOC)c1)C(=O)O[C@@H](C)[C@H](C)/C=C\C(=O)C1OC(C)(C)O[C@H]1C/C=C/2.[B]C(=O)N(C)c1cc2c(c(OCOC)c1)C(=O)O[C@@H](C)[C@H](C)/C=C\C(O)C1OC(C)(C)O[C@H]1C/C=C/2. The van der Waals surface area contributed by atoms with E-state index in [9.17, 15) is 29.1 Å². The molecule has 0 aliphatic carbocycles. The number of esters is 2. The Kier molecular flexibility index (Phi) is 23.7. The Balaban J connectivity index is 0.000000308. The normalized spacial score (nSPS) is 27.8. The highest BCUT2D eigenvalue weighted by Gasteiger charge is 2.45. The van der Waals surface area contributed by atoms with E-state index in [0.29, 0.717) is 35.3 Å². The lowest BCUT2D eigenvalue weighted by Gasteiger charge is -2.24. The van der Waals surface area contributed by atoms with Gasteiger partial charge in [0.05, 0.1) is 17.5 Å². The number of cyclic esters (lactones) is 2. The number of anilines is 2. The Morgan fingerprint density at radius 1 is 0.667 bits per heavy atom. The lowest BCUT2D eigenvalue weighted by molar-refractivity contribution is -0.152. The predicted octanol–water partition coefficient (Wildman–Crippen LogP) is 8.49. The smallest absolute Gasteiger partial charge is 0.342 e. The van der Waals surface area contributed by atoms with Crippen LogP contribution in [0.1, 0.15) is 100 Å². The maximum atomic E-state index is 13.4. The van der Waals surface area contributed by atoms with Crippen LogP contribution >= 0.6 is 23.2 Å². The summed E-state index contributed by atoms with van der Waals surface area (Å²) in [6, 6.07) is 6.35. The number of aliphatic hydroxyl groups excluding tert-OH is 1. The van der Waals surface area contributed by atoms with Gasteiger partial charge in [0.2, 0.25) is 15.7 Å². The molecule has 2 amide bonds. The molecule has 9 atom stereocenters. The zero-order valence-corrected chi connectivity index (χ0v) is 46.0. The summed E-state index contributed by atoms with van der Waals surface area (Å²) in [6.45, 7) is 14.1. The van der Waals surface area contributed by atoms with Gasteiger partial charge < -0.3 is 62.3 Å². The average Bonchev–Trinajstić information content (AvgIpc) is 3.84. The number of ether oxygens (including phenoxy) is 10. The van der Waals surface area contributed by atoms with Crippen molar-refractivity contribution in [1.82, 2.24) is 0 Å². The van der Waals surface area contributed by atoms with Crippen LogP contribution in [0, 0.1) is 11.8 Å². The number of amides is 2. The Labute approximate surface area is 452 Å². The van der Waals surface area contributed by atoms with Crippen molar-refractivity contribution in [2.24, 2.45) is 11.8 Å². The maximum absolute atomic E-state index is 13.4. The highest BCUT2D eigenvalue weighted by molar-refractivity contribution is 6.60. The molecule has 2 aromatic carbocycles. The second-order valence-electron chi connectivity index (χ2n) is 18.9. The highest BCUT2D eigenvalue weighted by Crippen LogP contribution is 2.37. The number of ketones is 1. The summed E-state index contributed by atoms with van der Waals surface area (Å²) in [6.07, 6.45) is 10.0.